The standard InChI is InChI=1S/C9H13NO/c1-3-8-6(2)10-11-9(8)7-4-5-7/h7H,3-5H2,1-2H3. The molecule has 60 valence electrons. The van der Waals surface area contributed by atoms with Gasteiger partial charge >= 0.3 is 0 Å². The minimum absolute atomic E-state index is 0.700. The average molecular weight is 151 g/mol. The van der Waals surface area contributed by atoms with Crippen molar-refractivity contribution in [1.82, 2.24) is 5.16 Å². The first-order chi connectivity index (χ1) is 5.33. The van der Waals surface area contributed by atoms with Crippen LogP contribution in [0.15, 0.2) is 4.52 Å². The molecule has 1 aromatic rings. The maximum absolute atomic E-state index is 5.26. The van der Waals surface area contributed by atoms with Gasteiger partial charge in [0.25, 0.3) is 0 Å². The molecule has 11 heavy (non-hydrogen) atoms. The summed E-state index contributed by atoms with van der Waals surface area (Å²) >= 11 is 0. The van der Waals surface area contributed by atoms with Crippen LogP contribution in [-0.2, 0) is 6.42 Å². The highest BCUT2D eigenvalue weighted by Gasteiger charge is 2.30. The summed E-state index contributed by atoms with van der Waals surface area (Å²) in [4.78, 5) is 0. The van der Waals surface area contributed by atoms with E-state index < -0.39 is 0 Å². The van der Waals surface area contributed by atoms with Crippen molar-refractivity contribution in [3.8, 4) is 0 Å². The van der Waals surface area contributed by atoms with Crippen LogP contribution in [-0.4, -0.2) is 5.16 Å². The molecule has 0 saturated heterocycles. The molecule has 0 aliphatic heterocycles. The van der Waals surface area contributed by atoms with Crippen molar-refractivity contribution in [3.63, 3.8) is 0 Å². The van der Waals surface area contributed by atoms with Crippen LogP contribution in [0.2, 0.25) is 0 Å². The highest BCUT2D eigenvalue weighted by Crippen LogP contribution is 2.42. The first-order valence-corrected chi connectivity index (χ1v) is 4.28. The molecule has 0 bridgehead atoms. The number of rotatable bonds is 2. The Balaban J connectivity index is 2.36. The van der Waals surface area contributed by atoms with Gasteiger partial charge in [-0.3, -0.25) is 0 Å². The third-order valence-corrected chi connectivity index (χ3v) is 2.32. The van der Waals surface area contributed by atoms with Crippen molar-refractivity contribution in [3.05, 3.63) is 17.0 Å². The van der Waals surface area contributed by atoms with Gasteiger partial charge in [0.05, 0.1) is 5.69 Å². The first-order valence-electron chi connectivity index (χ1n) is 4.28. The lowest BCUT2D eigenvalue weighted by molar-refractivity contribution is 0.379. The van der Waals surface area contributed by atoms with E-state index >= 15 is 0 Å². The molecule has 1 saturated carbocycles. The zero-order valence-corrected chi connectivity index (χ0v) is 7.05. The second-order valence-corrected chi connectivity index (χ2v) is 3.24. The van der Waals surface area contributed by atoms with Gasteiger partial charge in [0, 0.05) is 11.5 Å². The van der Waals surface area contributed by atoms with E-state index in [2.05, 4.69) is 12.1 Å². The summed E-state index contributed by atoms with van der Waals surface area (Å²) in [7, 11) is 0. The maximum atomic E-state index is 5.26. The van der Waals surface area contributed by atoms with Crippen LogP contribution in [0.25, 0.3) is 0 Å². The van der Waals surface area contributed by atoms with E-state index in [1.807, 2.05) is 6.92 Å². The Hall–Kier alpha value is -0.790. The zero-order chi connectivity index (χ0) is 7.84. The Labute approximate surface area is 66.6 Å². The Bertz CT molecular complexity index is 261. The molecular formula is C9H13NO. The normalized spacial score (nSPS) is 17.3. The van der Waals surface area contributed by atoms with Crippen LogP contribution in [0.4, 0.5) is 0 Å². The third-order valence-electron chi connectivity index (χ3n) is 2.32. The summed E-state index contributed by atoms with van der Waals surface area (Å²) < 4.78 is 5.26. The Morgan fingerprint density at radius 3 is 2.82 bits per heavy atom. The average Bonchev–Trinajstić information content (AvgIpc) is 2.76. The lowest BCUT2D eigenvalue weighted by Crippen LogP contribution is -1.86. The molecular weight excluding hydrogens is 138 g/mol. The van der Waals surface area contributed by atoms with Gasteiger partial charge in [-0.2, -0.15) is 0 Å². The lowest BCUT2D eigenvalue weighted by Gasteiger charge is -1.93. The van der Waals surface area contributed by atoms with Crippen molar-refractivity contribution in [1.29, 1.82) is 0 Å². The molecule has 2 rings (SSSR count). The molecule has 1 aliphatic rings. The Morgan fingerprint density at radius 2 is 2.27 bits per heavy atom. The predicted molar refractivity (Wildman–Crippen MR) is 42.6 cm³/mol. The van der Waals surface area contributed by atoms with Crippen molar-refractivity contribution in [2.45, 2.75) is 39.0 Å². The molecule has 0 atom stereocenters. The summed E-state index contributed by atoms with van der Waals surface area (Å²) in [5.41, 5.74) is 2.42. The second kappa shape index (κ2) is 2.36. The van der Waals surface area contributed by atoms with Gasteiger partial charge in [-0.1, -0.05) is 12.1 Å². The van der Waals surface area contributed by atoms with Gasteiger partial charge in [-0.15, -0.1) is 0 Å². The molecule has 1 aromatic heterocycles. The molecule has 1 heterocycles. The topological polar surface area (TPSA) is 26.0 Å². The van der Waals surface area contributed by atoms with Crippen molar-refractivity contribution >= 4 is 0 Å². The van der Waals surface area contributed by atoms with Gasteiger partial charge in [0.1, 0.15) is 5.76 Å². The molecule has 1 fully saturated rings. The molecule has 0 unspecified atom stereocenters. The monoisotopic (exact) mass is 151 g/mol. The number of aryl methyl sites for hydroxylation is 1. The summed E-state index contributed by atoms with van der Waals surface area (Å²) in [5.74, 6) is 1.86. The van der Waals surface area contributed by atoms with E-state index in [-0.39, 0.29) is 0 Å². The quantitative estimate of drug-likeness (QED) is 0.648. The Morgan fingerprint density at radius 1 is 1.55 bits per heavy atom. The highest BCUT2D eigenvalue weighted by molar-refractivity contribution is 5.27. The molecule has 0 aromatic carbocycles. The van der Waals surface area contributed by atoms with E-state index in [1.165, 1.54) is 18.4 Å². The second-order valence-electron chi connectivity index (χ2n) is 3.24. The van der Waals surface area contributed by atoms with Crippen LogP contribution >= 0.6 is 0 Å². The summed E-state index contributed by atoms with van der Waals surface area (Å²) in [6, 6.07) is 0. The van der Waals surface area contributed by atoms with E-state index in [0.29, 0.717) is 5.92 Å². The fraction of sp³-hybridized carbons (Fsp3) is 0.667. The van der Waals surface area contributed by atoms with Gasteiger partial charge in [-0.25, -0.2) is 0 Å². The summed E-state index contributed by atoms with van der Waals surface area (Å²) in [5, 5.41) is 3.97. The van der Waals surface area contributed by atoms with E-state index in [4.69, 9.17) is 4.52 Å². The van der Waals surface area contributed by atoms with Crippen molar-refractivity contribution in [2.75, 3.05) is 0 Å². The van der Waals surface area contributed by atoms with Gasteiger partial charge in [-0.05, 0) is 26.2 Å². The molecule has 1 aliphatic carbocycles. The molecule has 2 nitrogen and oxygen atoms in total. The fourth-order valence-electron chi connectivity index (χ4n) is 1.50. The fourth-order valence-corrected chi connectivity index (χ4v) is 1.50. The molecule has 0 radical (unpaired) electrons. The molecule has 0 amide bonds. The van der Waals surface area contributed by atoms with Gasteiger partial charge < -0.3 is 4.52 Å². The lowest BCUT2D eigenvalue weighted by atomic mass is 10.1. The first kappa shape index (κ1) is 6.89. The van der Waals surface area contributed by atoms with Crippen LogP contribution in [0, 0.1) is 6.92 Å². The van der Waals surface area contributed by atoms with Crippen molar-refractivity contribution in [2.24, 2.45) is 0 Å². The Kier molecular flexibility index (Phi) is 1.48. The van der Waals surface area contributed by atoms with E-state index in [0.717, 1.165) is 17.9 Å². The van der Waals surface area contributed by atoms with E-state index in [1.54, 1.807) is 0 Å². The number of hydrogen-bond acceptors (Lipinski definition) is 2. The van der Waals surface area contributed by atoms with Gasteiger partial charge in [0.2, 0.25) is 0 Å². The number of aromatic nitrogens is 1. The zero-order valence-electron chi connectivity index (χ0n) is 7.05. The number of nitrogens with zero attached hydrogens (tertiary/aromatic N) is 1. The smallest absolute Gasteiger partial charge is 0.143 e. The highest BCUT2D eigenvalue weighted by atomic mass is 16.5. The minimum atomic E-state index is 0.700. The SMILES string of the molecule is CCc1c(C)noc1C1CC1. The molecule has 2 heteroatoms. The van der Waals surface area contributed by atoms with Crippen LogP contribution in [0.3, 0.4) is 0 Å². The van der Waals surface area contributed by atoms with Gasteiger partial charge in [0.15, 0.2) is 0 Å². The summed E-state index contributed by atoms with van der Waals surface area (Å²) in [6.07, 6.45) is 3.64. The predicted octanol–water partition coefficient (Wildman–Crippen LogP) is 2.42. The largest absolute Gasteiger partial charge is 0.361 e. The number of hydrogen-bond donors (Lipinski definition) is 0. The maximum Gasteiger partial charge on any atom is 0.143 e. The molecule has 0 spiro atoms. The molecule has 0 N–H and O–H groups in total. The van der Waals surface area contributed by atoms with Crippen LogP contribution in [0.5, 0.6) is 0 Å². The minimum Gasteiger partial charge on any atom is -0.361 e. The van der Waals surface area contributed by atoms with Crippen LogP contribution < -0.4 is 0 Å². The third kappa shape index (κ3) is 1.06. The van der Waals surface area contributed by atoms with E-state index in [9.17, 15) is 0 Å². The summed E-state index contributed by atoms with van der Waals surface area (Å²) in [6.45, 7) is 4.18. The van der Waals surface area contributed by atoms with Crippen LogP contribution in [0.1, 0.15) is 42.7 Å². The van der Waals surface area contributed by atoms with Crippen molar-refractivity contribution < 1.29 is 4.52 Å².